The van der Waals surface area contributed by atoms with Gasteiger partial charge in [0.05, 0.1) is 5.60 Å². The molecule has 5 aliphatic rings. The van der Waals surface area contributed by atoms with E-state index in [4.69, 9.17) is 4.74 Å². The van der Waals surface area contributed by atoms with Crippen molar-refractivity contribution in [1.82, 2.24) is 0 Å². The quantitative estimate of drug-likeness (QED) is 0.614. The number of ether oxygens (including phenoxy) is 1. The smallest absolute Gasteiger partial charge is 0.133 e. The van der Waals surface area contributed by atoms with Gasteiger partial charge in [-0.2, -0.15) is 0 Å². The molecule has 0 bridgehead atoms. The molecule has 0 aromatic heterocycles. The van der Waals surface area contributed by atoms with Crippen LogP contribution in [0, 0.1) is 34.5 Å². The topological polar surface area (TPSA) is 26.3 Å². The first-order valence-electron chi connectivity index (χ1n) is 10.6. The Bertz CT molecular complexity index is 548. The van der Waals surface area contributed by atoms with Crippen LogP contribution in [0.1, 0.15) is 84.5 Å². The number of Topliss-reactive ketones (excluding diaryl/α,β-unsaturated/α-hetero) is 1. The lowest BCUT2D eigenvalue weighted by atomic mass is 9.44. The predicted molar refractivity (Wildman–Crippen MR) is 94.7 cm³/mol. The van der Waals surface area contributed by atoms with Crippen molar-refractivity contribution in [3.63, 3.8) is 0 Å². The van der Waals surface area contributed by atoms with Crippen LogP contribution < -0.4 is 0 Å². The van der Waals surface area contributed by atoms with Crippen LogP contribution in [0.2, 0.25) is 0 Å². The van der Waals surface area contributed by atoms with Gasteiger partial charge in [0.25, 0.3) is 0 Å². The van der Waals surface area contributed by atoms with Gasteiger partial charge in [-0.15, -0.1) is 0 Å². The average molecular weight is 331 g/mol. The second kappa shape index (κ2) is 5.09. The van der Waals surface area contributed by atoms with Gasteiger partial charge in [0.1, 0.15) is 5.78 Å². The number of rotatable bonds is 0. The Labute approximate surface area is 147 Å². The maximum Gasteiger partial charge on any atom is 0.133 e. The first kappa shape index (κ1) is 15.9. The van der Waals surface area contributed by atoms with E-state index in [2.05, 4.69) is 13.8 Å². The molecule has 0 amide bonds. The summed E-state index contributed by atoms with van der Waals surface area (Å²) in [6.07, 6.45) is 13.7. The summed E-state index contributed by atoms with van der Waals surface area (Å²) >= 11 is 0. The zero-order chi connectivity index (χ0) is 16.6. The van der Waals surface area contributed by atoms with Gasteiger partial charge in [0.2, 0.25) is 0 Å². The average Bonchev–Trinajstić information content (AvgIpc) is 3.15. The highest BCUT2D eigenvalue weighted by Crippen LogP contribution is 2.70. The lowest BCUT2D eigenvalue weighted by Crippen LogP contribution is -2.56. The summed E-state index contributed by atoms with van der Waals surface area (Å²) in [5, 5.41) is 0. The van der Waals surface area contributed by atoms with Crippen molar-refractivity contribution in [3.05, 3.63) is 0 Å². The summed E-state index contributed by atoms with van der Waals surface area (Å²) in [6.45, 7) is 6.14. The number of fused-ring (bicyclic) bond motifs is 6. The summed E-state index contributed by atoms with van der Waals surface area (Å²) in [5.41, 5.74) is 1.10. The molecule has 4 aliphatic carbocycles. The summed E-state index contributed by atoms with van der Waals surface area (Å²) in [6, 6.07) is 0. The predicted octanol–water partition coefficient (Wildman–Crippen LogP) is 5.15. The first-order valence-corrected chi connectivity index (χ1v) is 10.6. The van der Waals surface area contributed by atoms with Crippen LogP contribution >= 0.6 is 0 Å². The van der Waals surface area contributed by atoms with Crippen LogP contribution in [0.4, 0.5) is 0 Å². The normalized spacial score (nSPS) is 56.8. The number of hydrogen-bond donors (Lipinski definition) is 0. The molecule has 1 saturated heterocycles. The Hall–Kier alpha value is -0.370. The molecule has 5 fully saturated rings. The summed E-state index contributed by atoms with van der Waals surface area (Å²) < 4.78 is 6.45. The fraction of sp³-hybridized carbons (Fsp3) is 0.955. The van der Waals surface area contributed by atoms with E-state index in [0.29, 0.717) is 22.5 Å². The Morgan fingerprint density at radius 2 is 1.79 bits per heavy atom. The molecule has 1 unspecified atom stereocenters. The Balaban J connectivity index is 1.46. The van der Waals surface area contributed by atoms with Crippen molar-refractivity contribution in [2.75, 3.05) is 6.61 Å². The van der Waals surface area contributed by atoms with Crippen molar-refractivity contribution in [1.29, 1.82) is 0 Å². The van der Waals surface area contributed by atoms with Crippen molar-refractivity contribution in [2.45, 2.75) is 90.1 Å². The fourth-order valence-electron chi connectivity index (χ4n) is 8.48. The molecule has 0 aromatic rings. The molecule has 134 valence electrons. The van der Waals surface area contributed by atoms with E-state index in [0.717, 1.165) is 37.2 Å². The Kier molecular flexibility index (Phi) is 3.36. The van der Waals surface area contributed by atoms with Crippen LogP contribution in [0.3, 0.4) is 0 Å². The zero-order valence-corrected chi connectivity index (χ0v) is 15.6. The molecule has 24 heavy (non-hydrogen) atoms. The maximum atomic E-state index is 12.0. The molecule has 1 spiro atoms. The van der Waals surface area contributed by atoms with Crippen LogP contribution in [0.5, 0.6) is 0 Å². The number of carbonyl (C=O) groups is 1. The molecule has 7 atom stereocenters. The van der Waals surface area contributed by atoms with E-state index in [1.54, 1.807) is 0 Å². The third kappa shape index (κ3) is 1.85. The van der Waals surface area contributed by atoms with Crippen LogP contribution in [0.15, 0.2) is 0 Å². The Morgan fingerprint density at radius 1 is 0.958 bits per heavy atom. The molecule has 0 aromatic carbocycles. The molecule has 1 aliphatic heterocycles. The van der Waals surface area contributed by atoms with E-state index in [-0.39, 0.29) is 5.60 Å². The first-order chi connectivity index (χ1) is 11.5. The summed E-state index contributed by atoms with van der Waals surface area (Å²) in [5.74, 6) is 3.88. The van der Waals surface area contributed by atoms with Crippen LogP contribution in [-0.4, -0.2) is 18.0 Å². The van der Waals surface area contributed by atoms with Gasteiger partial charge in [0.15, 0.2) is 0 Å². The molecule has 2 heteroatoms. The highest BCUT2D eigenvalue weighted by Gasteiger charge is 2.65. The van der Waals surface area contributed by atoms with Gasteiger partial charge in [-0.3, -0.25) is 4.79 Å². The minimum atomic E-state index is 0.225. The maximum absolute atomic E-state index is 12.0. The molecule has 1 heterocycles. The minimum absolute atomic E-state index is 0.225. The van der Waals surface area contributed by atoms with Gasteiger partial charge < -0.3 is 4.74 Å². The van der Waals surface area contributed by atoms with E-state index in [1.165, 1.54) is 57.8 Å². The molecular formula is C22H34O2. The third-order valence-electron chi connectivity index (χ3n) is 9.87. The molecule has 2 nitrogen and oxygen atoms in total. The number of ketones is 1. The van der Waals surface area contributed by atoms with Gasteiger partial charge in [-0.1, -0.05) is 13.8 Å². The Morgan fingerprint density at radius 3 is 2.58 bits per heavy atom. The molecule has 4 saturated carbocycles. The number of carbonyl (C=O) groups excluding carboxylic acids is 1. The van der Waals surface area contributed by atoms with Gasteiger partial charge in [-0.05, 0) is 92.3 Å². The molecular weight excluding hydrogens is 296 g/mol. The lowest BCUT2D eigenvalue weighted by Gasteiger charge is -2.61. The molecule has 0 radical (unpaired) electrons. The summed E-state index contributed by atoms with van der Waals surface area (Å²) in [7, 11) is 0. The van der Waals surface area contributed by atoms with E-state index in [9.17, 15) is 4.79 Å². The van der Waals surface area contributed by atoms with E-state index >= 15 is 0 Å². The standard InChI is InChI=1S/C22H34O2/c1-20-10-6-16(23)14-15(20)4-5-17-18(20)7-11-21(2)19(17)8-12-22(21)9-3-13-24-22/h15,17-19H,3-14H2,1-2H3/t15?,17-,18+,19+,20+,21+,22+/m1/s1. The van der Waals surface area contributed by atoms with Crippen LogP contribution in [0.25, 0.3) is 0 Å². The second-order valence-electron chi connectivity index (χ2n) is 10.3. The third-order valence-corrected chi connectivity index (χ3v) is 9.87. The van der Waals surface area contributed by atoms with Gasteiger partial charge in [-0.25, -0.2) is 0 Å². The number of hydrogen-bond acceptors (Lipinski definition) is 2. The highest BCUT2D eigenvalue weighted by molar-refractivity contribution is 5.79. The van der Waals surface area contributed by atoms with Crippen molar-refractivity contribution in [2.24, 2.45) is 34.5 Å². The lowest BCUT2D eigenvalue weighted by molar-refractivity contribution is -0.160. The highest BCUT2D eigenvalue weighted by atomic mass is 16.5. The van der Waals surface area contributed by atoms with Gasteiger partial charge in [0, 0.05) is 19.4 Å². The van der Waals surface area contributed by atoms with Crippen LogP contribution in [-0.2, 0) is 9.53 Å². The largest absolute Gasteiger partial charge is 0.374 e. The van der Waals surface area contributed by atoms with E-state index in [1.807, 2.05) is 0 Å². The van der Waals surface area contributed by atoms with Gasteiger partial charge >= 0.3 is 0 Å². The minimum Gasteiger partial charge on any atom is -0.374 e. The fourth-order valence-corrected chi connectivity index (χ4v) is 8.48. The molecule has 5 rings (SSSR count). The van der Waals surface area contributed by atoms with Crippen molar-refractivity contribution < 1.29 is 9.53 Å². The SMILES string of the molecule is C[C@]12CCC(=O)CC1CC[C@@H]1[C@@H]2CC[C@@]2(C)[C@H]1CC[C@@]21CCCO1. The van der Waals surface area contributed by atoms with E-state index < -0.39 is 0 Å². The van der Waals surface area contributed by atoms with Crippen molar-refractivity contribution in [3.8, 4) is 0 Å². The monoisotopic (exact) mass is 330 g/mol. The summed E-state index contributed by atoms with van der Waals surface area (Å²) in [4.78, 5) is 12.0. The second-order valence-corrected chi connectivity index (χ2v) is 10.3. The molecule has 0 N–H and O–H groups in total. The van der Waals surface area contributed by atoms with Crippen molar-refractivity contribution >= 4 is 5.78 Å². The zero-order valence-electron chi connectivity index (χ0n) is 15.6.